The van der Waals surface area contributed by atoms with Crippen LogP contribution in [0.15, 0.2) is 33.7 Å². The lowest BCUT2D eigenvalue weighted by Gasteiger charge is -2.22. The minimum atomic E-state index is -0.926. The van der Waals surface area contributed by atoms with Gasteiger partial charge >= 0.3 is 0 Å². The maximum atomic E-state index is 9.53. The Morgan fingerprint density at radius 3 is 3.16 bits per heavy atom. The molecule has 100 valence electrons. The number of aromatic nitrogens is 2. The van der Waals surface area contributed by atoms with Crippen LogP contribution >= 0.6 is 11.8 Å². The standard InChI is InChI=1S/C12H13N3O3S/c13-5-7(16)12-14-11(15-18-12)9-6-19-10-4-2-1-3-8(10)17-9/h1-4,7,9,16H,5-6,13H2. The van der Waals surface area contributed by atoms with E-state index in [0.717, 1.165) is 10.6 Å². The predicted molar refractivity (Wildman–Crippen MR) is 68.8 cm³/mol. The van der Waals surface area contributed by atoms with E-state index in [2.05, 4.69) is 10.1 Å². The van der Waals surface area contributed by atoms with Crippen LogP contribution in [-0.2, 0) is 0 Å². The molecule has 2 unspecified atom stereocenters. The van der Waals surface area contributed by atoms with Crippen LogP contribution in [0.1, 0.15) is 23.9 Å². The van der Waals surface area contributed by atoms with Crippen LogP contribution in [0.3, 0.4) is 0 Å². The van der Waals surface area contributed by atoms with Gasteiger partial charge in [-0.25, -0.2) is 0 Å². The van der Waals surface area contributed by atoms with Crippen molar-refractivity contribution >= 4 is 11.8 Å². The van der Waals surface area contributed by atoms with Crippen LogP contribution in [0.5, 0.6) is 5.75 Å². The molecule has 3 N–H and O–H groups in total. The van der Waals surface area contributed by atoms with Crippen molar-refractivity contribution in [3.63, 3.8) is 0 Å². The van der Waals surface area contributed by atoms with Gasteiger partial charge in [0.05, 0.1) is 0 Å². The van der Waals surface area contributed by atoms with Crippen LogP contribution in [0.25, 0.3) is 0 Å². The highest BCUT2D eigenvalue weighted by molar-refractivity contribution is 7.99. The summed E-state index contributed by atoms with van der Waals surface area (Å²) in [5.74, 6) is 2.08. The van der Waals surface area contributed by atoms with E-state index in [4.69, 9.17) is 15.0 Å². The van der Waals surface area contributed by atoms with E-state index < -0.39 is 6.10 Å². The molecule has 2 atom stereocenters. The summed E-state index contributed by atoms with van der Waals surface area (Å²) in [6, 6.07) is 7.81. The third-order valence-electron chi connectivity index (χ3n) is 2.76. The van der Waals surface area contributed by atoms with Crippen molar-refractivity contribution < 1.29 is 14.4 Å². The normalized spacial score (nSPS) is 19.6. The summed E-state index contributed by atoms with van der Waals surface area (Å²) >= 11 is 1.68. The number of benzene rings is 1. The first-order valence-corrected chi connectivity index (χ1v) is 6.86. The highest BCUT2D eigenvalue weighted by Crippen LogP contribution is 2.39. The summed E-state index contributed by atoms with van der Waals surface area (Å²) in [6.07, 6.45) is -1.20. The Hall–Kier alpha value is -1.57. The highest BCUT2D eigenvalue weighted by Gasteiger charge is 2.27. The SMILES string of the molecule is NCC(O)c1nc(C2CSc3ccccc3O2)no1. The quantitative estimate of drug-likeness (QED) is 0.874. The molecule has 1 aromatic heterocycles. The largest absolute Gasteiger partial charge is 0.480 e. The Kier molecular flexibility index (Phi) is 3.41. The van der Waals surface area contributed by atoms with Gasteiger partial charge in [0.1, 0.15) is 11.9 Å². The zero-order valence-electron chi connectivity index (χ0n) is 10.0. The Morgan fingerprint density at radius 1 is 1.47 bits per heavy atom. The smallest absolute Gasteiger partial charge is 0.256 e. The molecule has 19 heavy (non-hydrogen) atoms. The Morgan fingerprint density at radius 2 is 2.32 bits per heavy atom. The van der Waals surface area contributed by atoms with Crippen molar-refractivity contribution in [1.82, 2.24) is 10.1 Å². The van der Waals surface area contributed by atoms with Crippen molar-refractivity contribution in [2.45, 2.75) is 17.1 Å². The second kappa shape index (κ2) is 5.20. The van der Waals surface area contributed by atoms with Crippen molar-refractivity contribution in [2.75, 3.05) is 12.3 Å². The van der Waals surface area contributed by atoms with Crippen molar-refractivity contribution in [2.24, 2.45) is 5.73 Å². The van der Waals surface area contributed by atoms with Crippen LogP contribution in [0.2, 0.25) is 0 Å². The third-order valence-corrected chi connectivity index (χ3v) is 3.88. The molecular formula is C12H13N3O3S. The molecule has 0 fully saturated rings. The monoisotopic (exact) mass is 279 g/mol. The lowest BCUT2D eigenvalue weighted by Crippen LogP contribution is -2.17. The van der Waals surface area contributed by atoms with E-state index in [9.17, 15) is 5.11 Å². The van der Waals surface area contributed by atoms with Crippen molar-refractivity contribution in [1.29, 1.82) is 0 Å². The summed E-state index contributed by atoms with van der Waals surface area (Å²) in [5.41, 5.74) is 5.34. The molecule has 2 aromatic rings. The maximum Gasteiger partial charge on any atom is 0.256 e. The number of aliphatic hydroxyl groups excluding tert-OH is 1. The molecule has 6 nitrogen and oxygen atoms in total. The van der Waals surface area contributed by atoms with Crippen LogP contribution in [0.4, 0.5) is 0 Å². The van der Waals surface area contributed by atoms with Gasteiger partial charge in [0.2, 0.25) is 5.82 Å². The molecule has 1 aliphatic heterocycles. The van der Waals surface area contributed by atoms with Gasteiger partial charge in [-0.05, 0) is 12.1 Å². The van der Waals surface area contributed by atoms with Gasteiger partial charge in [-0.1, -0.05) is 17.3 Å². The Labute approximate surface area is 113 Å². The molecule has 0 saturated carbocycles. The second-order valence-electron chi connectivity index (χ2n) is 4.11. The van der Waals surface area contributed by atoms with Gasteiger partial charge in [-0.15, -0.1) is 11.8 Å². The molecule has 7 heteroatoms. The number of para-hydroxylation sites is 1. The number of aliphatic hydroxyl groups is 1. The number of thioether (sulfide) groups is 1. The third kappa shape index (κ3) is 2.44. The molecule has 0 saturated heterocycles. The number of nitrogens with two attached hydrogens (primary N) is 1. The summed E-state index contributed by atoms with van der Waals surface area (Å²) in [6.45, 7) is 0.0464. The lowest BCUT2D eigenvalue weighted by molar-refractivity contribution is 0.141. The second-order valence-corrected chi connectivity index (χ2v) is 5.17. The fourth-order valence-corrected chi connectivity index (χ4v) is 2.74. The topological polar surface area (TPSA) is 94.4 Å². The van der Waals surface area contributed by atoms with Gasteiger partial charge in [0.25, 0.3) is 5.89 Å². The number of fused-ring (bicyclic) bond motifs is 1. The summed E-state index contributed by atoms with van der Waals surface area (Å²) < 4.78 is 10.8. The van der Waals surface area contributed by atoms with Crippen molar-refractivity contribution in [3.05, 3.63) is 36.0 Å². The highest BCUT2D eigenvalue weighted by atomic mass is 32.2. The number of hydrogen-bond acceptors (Lipinski definition) is 7. The van der Waals surface area contributed by atoms with Crippen LogP contribution < -0.4 is 10.5 Å². The van der Waals surface area contributed by atoms with E-state index >= 15 is 0 Å². The van der Waals surface area contributed by atoms with Gasteiger partial charge < -0.3 is 20.1 Å². The number of rotatable bonds is 3. The number of ether oxygens (including phenoxy) is 1. The summed E-state index contributed by atoms with van der Waals surface area (Å²) in [7, 11) is 0. The molecule has 1 aromatic carbocycles. The zero-order valence-corrected chi connectivity index (χ0v) is 10.8. The fraction of sp³-hybridized carbons (Fsp3) is 0.333. The van der Waals surface area contributed by atoms with Crippen LogP contribution in [0, 0.1) is 0 Å². The lowest BCUT2D eigenvalue weighted by atomic mass is 10.3. The van der Waals surface area contributed by atoms with E-state index in [1.807, 2.05) is 24.3 Å². The molecular weight excluding hydrogens is 266 g/mol. The van der Waals surface area contributed by atoms with E-state index in [1.165, 1.54) is 0 Å². The molecule has 0 radical (unpaired) electrons. The first-order chi connectivity index (χ1) is 9.28. The number of nitrogens with zero attached hydrogens (tertiary/aromatic N) is 2. The summed E-state index contributed by atoms with van der Waals surface area (Å²) in [5, 5.41) is 13.4. The van der Waals surface area contributed by atoms with E-state index in [-0.39, 0.29) is 18.5 Å². The molecule has 0 bridgehead atoms. The van der Waals surface area contributed by atoms with Gasteiger partial charge in [0, 0.05) is 17.2 Å². The average molecular weight is 279 g/mol. The summed E-state index contributed by atoms with van der Waals surface area (Å²) in [4.78, 5) is 5.23. The first-order valence-electron chi connectivity index (χ1n) is 5.88. The zero-order chi connectivity index (χ0) is 13.2. The van der Waals surface area contributed by atoms with Gasteiger partial charge in [-0.3, -0.25) is 0 Å². The fourth-order valence-electron chi connectivity index (χ4n) is 1.76. The van der Waals surface area contributed by atoms with Crippen LogP contribution in [-0.4, -0.2) is 27.5 Å². The van der Waals surface area contributed by atoms with E-state index in [0.29, 0.717) is 11.6 Å². The molecule has 1 aliphatic rings. The Bertz CT molecular complexity index is 575. The van der Waals surface area contributed by atoms with Gasteiger partial charge in [-0.2, -0.15) is 4.98 Å². The number of hydrogen-bond donors (Lipinski definition) is 2. The average Bonchev–Trinajstić information content (AvgIpc) is 2.95. The van der Waals surface area contributed by atoms with Gasteiger partial charge in [0.15, 0.2) is 6.10 Å². The molecule has 2 heterocycles. The minimum Gasteiger partial charge on any atom is -0.480 e. The Balaban J connectivity index is 1.79. The maximum absolute atomic E-state index is 9.53. The molecule has 0 amide bonds. The minimum absolute atomic E-state index is 0.0464. The van der Waals surface area contributed by atoms with E-state index in [1.54, 1.807) is 11.8 Å². The first kappa shape index (κ1) is 12.5. The molecule has 0 aliphatic carbocycles. The molecule has 3 rings (SSSR count). The predicted octanol–water partition coefficient (Wildman–Crippen LogP) is 1.29. The molecule has 0 spiro atoms. The van der Waals surface area contributed by atoms with Crippen molar-refractivity contribution in [3.8, 4) is 5.75 Å².